The summed E-state index contributed by atoms with van der Waals surface area (Å²) in [6, 6.07) is 1.86. The van der Waals surface area contributed by atoms with Crippen molar-refractivity contribution >= 4 is 11.6 Å². The first kappa shape index (κ1) is 12.0. The molecule has 0 spiro atoms. The van der Waals surface area contributed by atoms with Crippen LogP contribution in [-0.2, 0) is 4.79 Å². The van der Waals surface area contributed by atoms with E-state index < -0.39 is 0 Å². The third-order valence-electron chi connectivity index (χ3n) is 3.12. The van der Waals surface area contributed by atoms with Gasteiger partial charge in [-0.05, 0) is 43.9 Å². The van der Waals surface area contributed by atoms with Gasteiger partial charge in [-0.3, -0.25) is 9.78 Å². The summed E-state index contributed by atoms with van der Waals surface area (Å²) < 4.78 is 0. The molecule has 1 saturated heterocycles. The molecule has 1 fully saturated rings. The van der Waals surface area contributed by atoms with Crippen molar-refractivity contribution in [3.8, 4) is 0 Å². The van der Waals surface area contributed by atoms with E-state index in [9.17, 15) is 4.79 Å². The molecule has 1 amide bonds. The minimum Gasteiger partial charge on any atom is -0.323 e. The molecular weight excluding hydrogens is 214 g/mol. The molecule has 4 heteroatoms. The quantitative estimate of drug-likeness (QED) is 0.817. The maximum atomic E-state index is 12.0. The maximum Gasteiger partial charge on any atom is 0.241 e. The molecular formula is C13H19N3O. The van der Waals surface area contributed by atoms with Crippen molar-refractivity contribution in [2.45, 2.75) is 32.7 Å². The molecule has 92 valence electrons. The molecule has 1 aromatic heterocycles. The maximum absolute atomic E-state index is 12.0. The lowest BCUT2D eigenvalue weighted by Crippen LogP contribution is -2.45. The minimum absolute atomic E-state index is 0.0453. The van der Waals surface area contributed by atoms with Crippen LogP contribution in [0, 0.1) is 12.8 Å². The van der Waals surface area contributed by atoms with Crippen LogP contribution in [0.3, 0.4) is 0 Å². The van der Waals surface area contributed by atoms with Gasteiger partial charge in [0.15, 0.2) is 0 Å². The van der Waals surface area contributed by atoms with Crippen LogP contribution in [0.1, 0.15) is 25.3 Å². The van der Waals surface area contributed by atoms with Gasteiger partial charge in [-0.25, -0.2) is 0 Å². The van der Waals surface area contributed by atoms with Gasteiger partial charge in [0, 0.05) is 6.20 Å². The Kier molecular flexibility index (Phi) is 3.74. The predicted molar refractivity (Wildman–Crippen MR) is 67.8 cm³/mol. The Balaban J connectivity index is 1.96. The van der Waals surface area contributed by atoms with Crippen LogP contribution in [0.15, 0.2) is 18.5 Å². The van der Waals surface area contributed by atoms with Gasteiger partial charge in [-0.2, -0.15) is 0 Å². The van der Waals surface area contributed by atoms with Crippen LogP contribution in [-0.4, -0.2) is 23.5 Å². The second kappa shape index (κ2) is 5.27. The predicted octanol–water partition coefficient (Wildman–Crippen LogP) is 1.72. The van der Waals surface area contributed by atoms with E-state index >= 15 is 0 Å². The van der Waals surface area contributed by atoms with Gasteiger partial charge in [0.1, 0.15) is 0 Å². The molecule has 0 bridgehead atoms. The zero-order chi connectivity index (χ0) is 12.3. The number of amides is 1. The summed E-state index contributed by atoms with van der Waals surface area (Å²) in [6.07, 6.45) is 5.51. The highest BCUT2D eigenvalue weighted by Gasteiger charge is 2.24. The summed E-state index contributed by atoms with van der Waals surface area (Å²) in [6.45, 7) is 5.07. The molecule has 0 saturated carbocycles. The van der Waals surface area contributed by atoms with Gasteiger partial charge in [-0.15, -0.1) is 0 Å². The van der Waals surface area contributed by atoms with Gasteiger partial charge in [0.25, 0.3) is 0 Å². The van der Waals surface area contributed by atoms with Crippen LogP contribution in [0.25, 0.3) is 0 Å². The van der Waals surface area contributed by atoms with Gasteiger partial charge in [0.05, 0.1) is 17.9 Å². The second-order valence-corrected chi connectivity index (χ2v) is 4.88. The third kappa shape index (κ3) is 3.27. The summed E-state index contributed by atoms with van der Waals surface area (Å²) in [5.41, 5.74) is 1.82. The number of pyridine rings is 1. The molecule has 2 heterocycles. The van der Waals surface area contributed by atoms with Gasteiger partial charge in [-0.1, -0.05) is 6.92 Å². The number of carbonyl (C=O) groups excluding carboxylic acids is 1. The number of nitrogens with zero attached hydrogens (tertiary/aromatic N) is 1. The van der Waals surface area contributed by atoms with E-state index in [2.05, 4.69) is 22.5 Å². The Hall–Kier alpha value is -1.42. The fourth-order valence-corrected chi connectivity index (χ4v) is 2.16. The molecule has 2 atom stereocenters. The number of nitrogens with one attached hydrogen (secondary N) is 2. The number of rotatable bonds is 2. The lowest BCUT2D eigenvalue weighted by atomic mass is 9.94. The fraction of sp³-hybridized carbons (Fsp3) is 0.538. The average Bonchev–Trinajstić information content (AvgIpc) is 2.29. The molecule has 0 aliphatic carbocycles. The van der Waals surface area contributed by atoms with Crippen LogP contribution < -0.4 is 10.6 Å². The SMILES string of the molecule is Cc1cncc(NC(=O)C2CC(C)CCN2)c1. The molecule has 1 aliphatic rings. The van der Waals surface area contributed by atoms with E-state index in [4.69, 9.17) is 0 Å². The zero-order valence-corrected chi connectivity index (χ0v) is 10.4. The van der Waals surface area contributed by atoms with Crippen molar-refractivity contribution in [1.29, 1.82) is 0 Å². The molecule has 2 unspecified atom stereocenters. The summed E-state index contributed by atoms with van der Waals surface area (Å²) in [7, 11) is 0. The first-order valence-corrected chi connectivity index (χ1v) is 6.11. The van der Waals surface area contributed by atoms with E-state index in [0.29, 0.717) is 5.92 Å². The number of hydrogen-bond donors (Lipinski definition) is 2. The first-order chi connectivity index (χ1) is 8.15. The molecule has 17 heavy (non-hydrogen) atoms. The molecule has 0 aromatic carbocycles. The van der Waals surface area contributed by atoms with E-state index in [1.54, 1.807) is 12.4 Å². The van der Waals surface area contributed by atoms with Crippen molar-refractivity contribution in [2.75, 3.05) is 11.9 Å². The molecule has 4 nitrogen and oxygen atoms in total. The highest BCUT2D eigenvalue weighted by molar-refractivity contribution is 5.94. The monoisotopic (exact) mass is 233 g/mol. The minimum atomic E-state index is -0.0701. The van der Waals surface area contributed by atoms with Gasteiger partial charge in [0.2, 0.25) is 5.91 Å². The summed E-state index contributed by atoms with van der Waals surface area (Å²) in [5.74, 6) is 0.659. The van der Waals surface area contributed by atoms with Gasteiger partial charge < -0.3 is 10.6 Å². The normalized spacial score (nSPS) is 24.4. The third-order valence-corrected chi connectivity index (χ3v) is 3.12. The molecule has 2 N–H and O–H groups in total. The summed E-state index contributed by atoms with van der Waals surface area (Å²) in [4.78, 5) is 16.1. The lowest BCUT2D eigenvalue weighted by molar-refractivity contribution is -0.119. The Bertz CT molecular complexity index is 405. The van der Waals surface area contributed by atoms with E-state index in [-0.39, 0.29) is 11.9 Å². The van der Waals surface area contributed by atoms with Crippen LogP contribution in [0.5, 0.6) is 0 Å². The van der Waals surface area contributed by atoms with Crippen LogP contribution in [0.4, 0.5) is 5.69 Å². The summed E-state index contributed by atoms with van der Waals surface area (Å²) >= 11 is 0. The van der Waals surface area contributed by atoms with Crippen molar-refractivity contribution in [3.63, 3.8) is 0 Å². The topological polar surface area (TPSA) is 54.0 Å². The first-order valence-electron chi connectivity index (χ1n) is 6.11. The number of carbonyl (C=O) groups is 1. The smallest absolute Gasteiger partial charge is 0.241 e. The van der Waals surface area contributed by atoms with Crippen LogP contribution in [0.2, 0.25) is 0 Å². The molecule has 0 radical (unpaired) electrons. The average molecular weight is 233 g/mol. The summed E-state index contributed by atoms with van der Waals surface area (Å²) in [5, 5.41) is 6.16. The Morgan fingerprint density at radius 1 is 1.53 bits per heavy atom. The van der Waals surface area contributed by atoms with E-state index in [1.165, 1.54) is 0 Å². The van der Waals surface area contributed by atoms with Crippen molar-refractivity contribution in [1.82, 2.24) is 10.3 Å². The van der Waals surface area contributed by atoms with E-state index in [0.717, 1.165) is 30.6 Å². The highest BCUT2D eigenvalue weighted by Crippen LogP contribution is 2.16. The standard InChI is InChI=1S/C13H19N3O/c1-9-3-4-15-12(6-9)13(17)16-11-5-10(2)7-14-8-11/h5,7-9,12,15H,3-4,6H2,1-2H3,(H,16,17). The van der Waals surface area contributed by atoms with Crippen LogP contribution >= 0.6 is 0 Å². The zero-order valence-electron chi connectivity index (χ0n) is 10.4. The number of piperidine rings is 1. The number of anilines is 1. The fourth-order valence-electron chi connectivity index (χ4n) is 2.16. The van der Waals surface area contributed by atoms with Crippen molar-refractivity contribution in [3.05, 3.63) is 24.0 Å². The molecule has 2 rings (SSSR count). The number of aromatic nitrogens is 1. The molecule has 1 aliphatic heterocycles. The highest BCUT2D eigenvalue weighted by atomic mass is 16.2. The Morgan fingerprint density at radius 3 is 3.06 bits per heavy atom. The Labute approximate surface area is 102 Å². The lowest BCUT2D eigenvalue weighted by Gasteiger charge is -2.27. The number of hydrogen-bond acceptors (Lipinski definition) is 3. The Morgan fingerprint density at radius 2 is 2.35 bits per heavy atom. The number of aryl methyl sites for hydroxylation is 1. The largest absolute Gasteiger partial charge is 0.323 e. The van der Waals surface area contributed by atoms with Crippen molar-refractivity contribution < 1.29 is 4.79 Å². The molecule has 1 aromatic rings. The van der Waals surface area contributed by atoms with Crippen molar-refractivity contribution in [2.24, 2.45) is 5.92 Å². The second-order valence-electron chi connectivity index (χ2n) is 4.88. The van der Waals surface area contributed by atoms with Gasteiger partial charge >= 0.3 is 0 Å². The van der Waals surface area contributed by atoms with E-state index in [1.807, 2.05) is 13.0 Å².